The second kappa shape index (κ2) is 5.62. The van der Waals surface area contributed by atoms with Crippen molar-refractivity contribution in [1.29, 1.82) is 0 Å². The molecule has 0 atom stereocenters. The molecule has 108 valence electrons. The van der Waals surface area contributed by atoms with Gasteiger partial charge in [0.2, 0.25) is 11.9 Å². The van der Waals surface area contributed by atoms with Crippen LogP contribution in [0.15, 0.2) is 12.4 Å². The van der Waals surface area contributed by atoms with Gasteiger partial charge in [-0.3, -0.25) is 4.79 Å². The molecule has 3 rings (SSSR count). The van der Waals surface area contributed by atoms with E-state index in [1.54, 1.807) is 19.5 Å². The first kappa shape index (κ1) is 13.1. The topological polar surface area (TPSA) is 67.8 Å². The summed E-state index contributed by atoms with van der Waals surface area (Å²) in [6.45, 7) is 4.06. The molecule has 0 aromatic carbocycles. The first-order chi connectivity index (χ1) is 9.78. The van der Waals surface area contributed by atoms with Gasteiger partial charge in [-0.05, 0) is 0 Å². The lowest BCUT2D eigenvalue weighted by molar-refractivity contribution is -0.140. The van der Waals surface area contributed by atoms with Gasteiger partial charge in [-0.2, -0.15) is 0 Å². The largest absolute Gasteiger partial charge is 0.494 e. The monoisotopic (exact) mass is 278 g/mol. The van der Waals surface area contributed by atoms with Gasteiger partial charge in [0.05, 0.1) is 38.6 Å². The highest BCUT2D eigenvalue weighted by Gasteiger charge is 2.36. The van der Waals surface area contributed by atoms with Gasteiger partial charge in [-0.25, -0.2) is 9.97 Å². The van der Waals surface area contributed by atoms with Crippen LogP contribution in [0.5, 0.6) is 5.75 Å². The highest BCUT2D eigenvalue weighted by atomic mass is 16.5. The number of amides is 1. The average Bonchev–Trinajstić information content (AvgIpc) is 2.47. The normalized spacial score (nSPS) is 19.6. The molecule has 0 spiro atoms. The van der Waals surface area contributed by atoms with Crippen LogP contribution in [0.1, 0.15) is 0 Å². The first-order valence-electron chi connectivity index (χ1n) is 6.75. The Balaban J connectivity index is 1.53. The number of aromatic nitrogens is 2. The van der Waals surface area contributed by atoms with Crippen LogP contribution >= 0.6 is 0 Å². The van der Waals surface area contributed by atoms with E-state index in [1.165, 1.54) is 0 Å². The molecule has 0 unspecified atom stereocenters. The van der Waals surface area contributed by atoms with E-state index in [-0.39, 0.29) is 11.8 Å². The smallest absolute Gasteiger partial charge is 0.229 e. The van der Waals surface area contributed by atoms with E-state index in [0.29, 0.717) is 51.1 Å². The number of morpholine rings is 1. The van der Waals surface area contributed by atoms with E-state index in [2.05, 4.69) is 9.97 Å². The molecule has 2 saturated heterocycles. The number of anilines is 1. The molecule has 2 aliphatic heterocycles. The number of hydrogen-bond donors (Lipinski definition) is 0. The first-order valence-corrected chi connectivity index (χ1v) is 6.75. The molecule has 0 radical (unpaired) electrons. The molecule has 0 bridgehead atoms. The van der Waals surface area contributed by atoms with E-state index in [0.717, 1.165) is 0 Å². The van der Waals surface area contributed by atoms with Crippen molar-refractivity contribution in [3.8, 4) is 5.75 Å². The second-order valence-corrected chi connectivity index (χ2v) is 4.96. The van der Waals surface area contributed by atoms with Crippen molar-refractivity contribution in [3.63, 3.8) is 0 Å². The summed E-state index contributed by atoms with van der Waals surface area (Å²) in [7, 11) is 1.58. The maximum atomic E-state index is 12.2. The molecule has 0 aliphatic carbocycles. The molecule has 1 amide bonds. The zero-order valence-corrected chi connectivity index (χ0v) is 11.5. The fraction of sp³-hybridized carbons (Fsp3) is 0.615. The summed E-state index contributed by atoms with van der Waals surface area (Å²) in [5.74, 6) is 1.56. The van der Waals surface area contributed by atoms with E-state index < -0.39 is 0 Å². The molecule has 7 heteroatoms. The lowest BCUT2D eigenvalue weighted by Gasteiger charge is -2.41. The Morgan fingerprint density at radius 2 is 1.95 bits per heavy atom. The molecule has 0 N–H and O–H groups in total. The zero-order chi connectivity index (χ0) is 13.9. The molecule has 20 heavy (non-hydrogen) atoms. The fourth-order valence-electron chi connectivity index (χ4n) is 2.42. The summed E-state index contributed by atoms with van der Waals surface area (Å²) in [4.78, 5) is 24.6. The van der Waals surface area contributed by atoms with E-state index >= 15 is 0 Å². The number of carbonyl (C=O) groups is 1. The Kier molecular flexibility index (Phi) is 3.68. The number of hydrogen-bond acceptors (Lipinski definition) is 6. The third-order valence-electron chi connectivity index (χ3n) is 3.69. The van der Waals surface area contributed by atoms with Crippen LogP contribution in [-0.4, -0.2) is 67.3 Å². The van der Waals surface area contributed by atoms with Gasteiger partial charge in [0.15, 0.2) is 5.75 Å². The summed E-state index contributed by atoms with van der Waals surface area (Å²) >= 11 is 0. The fourth-order valence-corrected chi connectivity index (χ4v) is 2.42. The minimum Gasteiger partial charge on any atom is -0.494 e. The van der Waals surface area contributed by atoms with Crippen molar-refractivity contribution >= 4 is 11.9 Å². The maximum absolute atomic E-state index is 12.2. The summed E-state index contributed by atoms with van der Waals surface area (Å²) in [6, 6.07) is 0. The third-order valence-corrected chi connectivity index (χ3v) is 3.69. The Labute approximate surface area is 117 Å². The SMILES string of the molecule is COc1cnc(N2CC(C(=O)N3CCOCC3)C2)nc1. The molecule has 1 aromatic rings. The van der Waals surface area contributed by atoms with Gasteiger partial charge in [-0.1, -0.05) is 0 Å². The van der Waals surface area contributed by atoms with Gasteiger partial charge in [0, 0.05) is 26.2 Å². The highest BCUT2D eigenvalue weighted by Crippen LogP contribution is 2.23. The van der Waals surface area contributed by atoms with Crippen LogP contribution in [0.25, 0.3) is 0 Å². The summed E-state index contributed by atoms with van der Waals surface area (Å²) in [5, 5.41) is 0. The lowest BCUT2D eigenvalue weighted by Crippen LogP contribution is -2.56. The molecule has 2 fully saturated rings. The molecule has 0 saturated carbocycles. The summed E-state index contributed by atoms with van der Waals surface area (Å²) in [5.41, 5.74) is 0. The Hall–Kier alpha value is -1.89. The molecule has 2 aliphatic rings. The highest BCUT2D eigenvalue weighted by molar-refractivity contribution is 5.81. The molecular formula is C13H18N4O3. The van der Waals surface area contributed by atoms with E-state index in [9.17, 15) is 4.79 Å². The maximum Gasteiger partial charge on any atom is 0.229 e. The average molecular weight is 278 g/mol. The molecule has 7 nitrogen and oxygen atoms in total. The van der Waals surface area contributed by atoms with Crippen molar-refractivity contribution in [3.05, 3.63) is 12.4 Å². The number of carbonyl (C=O) groups excluding carboxylic acids is 1. The van der Waals surface area contributed by atoms with Crippen LogP contribution in [-0.2, 0) is 9.53 Å². The Morgan fingerprint density at radius 3 is 2.55 bits per heavy atom. The van der Waals surface area contributed by atoms with Gasteiger partial charge in [-0.15, -0.1) is 0 Å². The van der Waals surface area contributed by atoms with Crippen LogP contribution in [0, 0.1) is 5.92 Å². The predicted molar refractivity (Wildman–Crippen MR) is 71.7 cm³/mol. The second-order valence-electron chi connectivity index (χ2n) is 4.96. The minimum absolute atomic E-state index is 0.0544. The number of ether oxygens (including phenoxy) is 2. The Bertz CT molecular complexity index is 467. The zero-order valence-electron chi connectivity index (χ0n) is 11.5. The number of methoxy groups -OCH3 is 1. The molecule has 1 aromatic heterocycles. The summed E-state index contributed by atoms with van der Waals surface area (Å²) < 4.78 is 10.3. The molecule has 3 heterocycles. The van der Waals surface area contributed by atoms with Gasteiger partial charge < -0.3 is 19.3 Å². The standard InChI is InChI=1S/C13H18N4O3/c1-19-11-6-14-13(15-7-11)17-8-10(9-17)12(18)16-2-4-20-5-3-16/h6-7,10H,2-5,8-9H2,1H3. The van der Waals surface area contributed by atoms with Crippen molar-refractivity contribution in [2.24, 2.45) is 5.92 Å². The van der Waals surface area contributed by atoms with Crippen LogP contribution < -0.4 is 9.64 Å². The van der Waals surface area contributed by atoms with Crippen molar-refractivity contribution in [2.75, 3.05) is 51.4 Å². The summed E-state index contributed by atoms with van der Waals surface area (Å²) in [6.07, 6.45) is 3.28. The van der Waals surface area contributed by atoms with Crippen LogP contribution in [0.4, 0.5) is 5.95 Å². The van der Waals surface area contributed by atoms with Gasteiger partial charge in [0.25, 0.3) is 0 Å². The van der Waals surface area contributed by atoms with Crippen LogP contribution in [0.3, 0.4) is 0 Å². The predicted octanol–water partition coefficient (Wildman–Crippen LogP) is -0.220. The molecular weight excluding hydrogens is 260 g/mol. The van der Waals surface area contributed by atoms with Gasteiger partial charge >= 0.3 is 0 Å². The van der Waals surface area contributed by atoms with Gasteiger partial charge in [0.1, 0.15) is 0 Å². The number of rotatable bonds is 3. The Morgan fingerprint density at radius 1 is 1.30 bits per heavy atom. The van der Waals surface area contributed by atoms with Crippen molar-refractivity contribution in [2.45, 2.75) is 0 Å². The quantitative estimate of drug-likeness (QED) is 0.761. The van der Waals surface area contributed by atoms with Crippen LogP contribution in [0.2, 0.25) is 0 Å². The van der Waals surface area contributed by atoms with E-state index in [1.807, 2.05) is 9.80 Å². The van der Waals surface area contributed by atoms with Crippen molar-refractivity contribution in [1.82, 2.24) is 14.9 Å². The number of nitrogens with zero attached hydrogens (tertiary/aromatic N) is 4. The minimum atomic E-state index is 0.0544. The van der Waals surface area contributed by atoms with Crippen molar-refractivity contribution < 1.29 is 14.3 Å². The van der Waals surface area contributed by atoms with E-state index in [4.69, 9.17) is 9.47 Å². The third kappa shape index (κ3) is 2.53. The lowest BCUT2D eigenvalue weighted by atomic mass is 9.99.